The van der Waals surface area contributed by atoms with Crippen molar-refractivity contribution in [2.75, 3.05) is 19.0 Å². The Morgan fingerprint density at radius 3 is 3.00 bits per heavy atom. The Morgan fingerprint density at radius 2 is 2.29 bits per heavy atom. The molecule has 0 saturated carbocycles. The number of aromatic nitrogens is 2. The molecule has 0 saturated heterocycles. The second kappa shape index (κ2) is 7.33. The van der Waals surface area contributed by atoms with Crippen molar-refractivity contribution in [3.8, 4) is 5.75 Å². The maximum absolute atomic E-state index is 11.8. The largest absolute Gasteiger partial charge is 0.495 e. The van der Waals surface area contributed by atoms with Crippen LogP contribution in [0.15, 0.2) is 36.9 Å². The van der Waals surface area contributed by atoms with Crippen LogP contribution in [-0.2, 0) is 6.54 Å². The first-order valence-electron chi connectivity index (χ1n) is 6.84. The second-order valence-corrected chi connectivity index (χ2v) is 4.74. The lowest BCUT2D eigenvalue weighted by Gasteiger charge is -2.12. The second-order valence-electron chi connectivity index (χ2n) is 4.74. The Bertz CT molecular complexity index is 581. The Balaban J connectivity index is 1.76. The summed E-state index contributed by atoms with van der Waals surface area (Å²) in [6, 6.07) is 5.41. The molecule has 6 nitrogen and oxygen atoms in total. The molecule has 0 spiro atoms. The molecule has 2 rings (SSSR count). The van der Waals surface area contributed by atoms with E-state index in [2.05, 4.69) is 15.6 Å². The molecule has 1 heterocycles. The molecule has 0 unspecified atom stereocenters. The van der Waals surface area contributed by atoms with Gasteiger partial charge < -0.3 is 19.9 Å². The number of urea groups is 1. The minimum Gasteiger partial charge on any atom is -0.495 e. The number of hydrogen-bond acceptors (Lipinski definition) is 3. The highest BCUT2D eigenvalue weighted by Crippen LogP contribution is 2.24. The molecule has 2 N–H and O–H groups in total. The molecule has 0 aliphatic carbocycles. The van der Waals surface area contributed by atoms with Crippen LogP contribution < -0.4 is 15.4 Å². The van der Waals surface area contributed by atoms with Crippen LogP contribution in [0.4, 0.5) is 10.5 Å². The zero-order valence-corrected chi connectivity index (χ0v) is 12.3. The Labute approximate surface area is 124 Å². The fourth-order valence-electron chi connectivity index (χ4n) is 1.95. The first kappa shape index (κ1) is 14.9. The number of benzene rings is 1. The number of nitrogens with zero attached hydrogens (tertiary/aromatic N) is 2. The van der Waals surface area contributed by atoms with E-state index in [1.54, 1.807) is 19.6 Å². The van der Waals surface area contributed by atoms with Crippen LogP contribution >= 0.6 is 0 Å². The number of ether oxygens (including phenoxy) is 1. The van der Waals surface area contributed by atoms with E-state index < -0.39 is 0 Å². The summed E-state index contributed by atoms with van der Waals surface area (Å²) < 4.78 is 7.22. The van der Waals surface area contributed by atoms with E-state index in [0.29, 0.717) is 18.0 Å². The van der Waals surface area contributed by atoms with Gasteiger partial charge in [0.1, 0.15) is 5.75 Å². The molecular weight excluding hydrogens is 268 g/mol. The quantitative estimate of drug-likeness (QED) is 0.802. The molecule has 1 aromatic carbocycles. The van der Waals surface area contributed by atoms with Gasteiger partial charge in [-0.2, -0.15) is 0 Å². The van der Waals surface area contributed by atoms with Gasteiger partial charge >= 0.3 is 6.03 Å². The number of methoxy groups -OCH3 is 1. The number of amides is 2. The zero-order chi connectivity index (χ0) is 15.1. The molecule has 6 heteroatoms. The normalized spacial score (nSPS) is 10.2. The average molecular weight is 288 g/mol. The van der Waals surface area contributed by atoms with Crippen molar-refractivity contribution >= 4 is 11.7 Å². The van der Waals surface area contributed by atoms with E-state index in [1.165, 1.54) is 0 Å². The van der Waals surface area contributed by atoms with Crippen LogP contribution in [0.1, 0.15) is 12.0 Å². The number of nitrogens with one attached hydrogen (secondary N) is 2. The van der Waals surface area contributed by atoms with Gasteiger partial charge in [-0.25, -0.2) is 9.78 Å². The summed E-state index contributed by atoms with van der Waals surface area (Å²) in [5.41, 5.74) is 1.74. The fourth-order valence-corrected chi connectivity index (χ4v) is 1.95. The van der Waals surface area contributed by atoms with Gasteiger partial charge in [-0.05, 0) is 31.0 Å². The van der Waals surface area contributed by atoms with Crippen molar-refractivity contribution < 1.29 is 9.53 Å². The molecule has 0 radical (unpaired) electrons. The summed E-state index contributed by atoms with van der Waals surface area (Å²) in [5, 5.41) is 5.61. The maximum Gasteiger partial charge on any atom is 0.319 e. The monoisotopic (exact) mass is 288 g/mol. The van der Waals surface area contributed by atoms with Gasteiger partial charge in [-0.15, -0.1) is 0 Å². The fraction of sp³-hybridized carbons (Fsp3) is 0.333. The molecular formula is C15H20N4O2. The van der Waals surface area contributed by atoms with Gasteiger partial charge in [0.25, 0.3) is 0 Å². The third kappa shape index (κ3) is 4.52. The van der Waals surface area contributed by atoms with Crippen molar-refractivity contribution in [3.05, 3.63) is 42.5 Å². The first-order chi connectivity index (χ1) is 10.2. The molecule has 0 fully saturated rings. The highest BCUT2D eigenvalue weighted by atomic mass is 16.5. The van der Waals surface area contributed by atoms with E-state index in [9.17, 15) is 4.79 Å². The summed E-state index contributed by atoms with van der Waals surface area (Å²) in [5.74, 6) is 0.656. The summed E-state index contributed by atoms with van der Waals surface area (Å²) >= 11 is 0. The number of anilines is 1. The van der Waals surface area contributed by atoms with Crippen LogP contribution in [0.25, 0.3) is 0 Å². The minimum atomic E-state index is -0.234. The highest BCUT2D eigenvalue weighted by molar-refractivity contribution is 5.90. The van der Waals surface area contributed by atoms with Gasteiger partial charge in [-0.1, -0.05) is 6.07 Å². The number of carbonyl (C=O) groups excluding carboxylic acids is 1. The van der Waals surface area contributed by atoms with Crippen LogP contribution in [0.3, 0.4) is 0 Å². The van der Waals surface area contributed by atoms with Crippen molar-refractivity contribution in [2.24, 2.45) is 0 Å². The van der Waals surface area contributed by atoms with Gasteiger partial charge in [-0.3, -0.25) is 0 Å². The van der Waals surface area contributed by atoms with Gasteiger partial charge in [0, 0.05) is 25.5 Å². The number of rotatable bonds is 6. The SMILES string of the molecule is COc1cc(C)ccc1NC(=O)NCCCn1ccnc1. The lowest BCUT2D eigenvalue weighted by Crippen LogP contribution is -2.30. The molecule has 0 bridgehead atoms. The van der Waals surface area contributed by atoms with E-state index in [1.807, 2.05) is 35.9 Å². The first-order valence-corrected chi connectivity index (χ1v) is 6.84. The van der Waals surface area contributed by atoms with Crippen LogP contribution in [0.2, 0.25) is 0 Å². The van der Waals surface area contributed by atoms with E-state index in [-0.39, 0.29) is 6.03 Å². The Hall–Kier alpha value is -2.50. The van der Waals surface area contributed by atoms with Crippen molar-refractivity contribution in [2.45, 2.75) is 19.9 Å². The highest BCUT2D eigenvalue weighted by Gasteiger charge is 2.06. The minimum absolute atomic E-state index is 0.234. The topological polar surface area (TPSA) is 68.2 Å². The number of aryl methyl sites for hydroxylation is 2. The van der Waals surface area contributed by atoms with Crippen molar-refractivity contribution in [1.29, 1.82) is 0 Å². The molecule has 0 aliphatic heterocycles. The summed E-state index contributed by atoms with van der Waals surface area (Å²) in [6.07, 6.45) is 6.24. The van der Waals surface area contributed by atoms with Gasteiger partial charge in [0.05, 0.1) is 19.1 Å². The van der Waals surface area contributed by atoms with Gasteiger partial charge in [0.2, 0.25) is 0 Å². The number of hydrogen-bond donors (Lipinski definition) is 2. The van der Waals surface area contributed by atoms with E-state index in [4.69, 9.17) is 4.74 Å². The molecule has 2 amide bonds. The molecule has 0 atom stereocenters. The molecule has 1 aromatic heterocycles. The predicted molar refractivity (Wildman–Crippen MR) is 81.6 cm³/mol. The third-order valence-electron chi connectivity index (χ3n) is 3.04. The molecule has 112 valence electrons. The van der Waals surface area contributed by atoms with Crippen molar-refractivity contribution in [1.82, 2.24) is 14.9 Å². The molecule has 21 heavy (non-hydrogen) atoms. The summed E-state index contributed by atoms with van der Waals surface area (Å²) in [7, 11) is 1.59. The standard InChI is InChI=1S/C15H20N4O2/c1-12-4-5-13(14(10-12)21-2)18-15(20)17-6-3-8-19-9-7-16-11-19/h4-5,7,9-11H,3,6,8H2,1-2H3,(H2,17,18,20). The lowest BCUT2D eigenvalue weighted by atomic mass is 10.2. The van der Waals surface area contributed by atoms with Crippen LogP contribution in [0, 0.1) is 6.92 Å². The summed E-state index contributed by atoms with van der Waals surface area (Å²) in [4.78, 5) is 15.8. The smallest absolute Gasteiger partial charge is 0.319 e. The third-order valence-corrected chi connectivity index (χ3v) is 3.04. The Kier molecular flexibility index (Phi) is 5.20. The van der Waals surface area contributed by atoms with Gasteiger partial charge in [0.15, 0.2) is 0 Å². The van der Waals surface area contributed by atoms with E-state index in [0.717, 1.165) is 18.5 Å². The molecule has 0 aliphatic rings. The number of carbonyl (C=O) groups is 1. The van der Waals surface area contributed by atoms with Crippen LogP contribution in [-0.4, -0.2) is 29.2 Å². The predicted octanol–water partition coefficient (Wildman–Crippen LogP) is 2.41. The Morgan fingerprint density at radius 1 is 1.43 bits per heavy atom. The zero-order valence-electron chi connectivity index (χ0n) is 12.3. The average Bonchev–Trinajstić information content (AvgIpc) is 2.99. The summed E-state index contributed by atoms with van der Waals surface area (Å²) in [6.45, 7) is 3.40. The molecule has 2 aromatic rings. The van der Waals surface area contributed by atoms with E-state index >= 15 is 0 Å². The number of imidazole rings is 1. The lowest BCUT2D eigenvalue weighted by molar-refractivity contribution is 0.251. The van der Waals surface area contributed by atoms with Crippen LogP contribution in [0.5, 0.6) is 5.75 Å². The maximum atomic E-state index is 11.8. The van der Waals surface area contributed by atoms with Crippen molar-refractivity contribution in [3.63, 3.8) is 0 Å².